The second kappa shape index (κ2) is 8.70. The van der Waals surface area contributed by atoms with Crippen LogP contribution >= 0.6 is 11.3 Å². The van der Waals surface area contributed by atoms with E-state index in [1.54, 1.807) is 11.3 Å². The topological polar surface area (TPSA) is 52.7 Å². The van der Waals surface area contributed by atoms with Crippen molar-refractivity contribution in [1.82, 2.24) is 15.1 Å². The standard InChI is InChI=1S/C19H29N3O2S/c1-2-16-8-3-4-11-22(16)18(23)15-7-5-10-21(14-15)19(24)20-13-17-9-6-12-25-17/h6,9,12,15-16H,2-5,7-8,10-11,13-14H2,1H3,(H,20,24). The van der Waals surface area contributed by atoms with E-state index < -0.39 is 0 Å². The number of rotatable bonds is 4. The summed E-state index contributed by atoms with van der Waals surface area (Å²) in [4.78, 5) is 30.5. The molecule has 1 aromatic heterocycles. The quantitative estimate of drug-likeness (QED) is 0.891. The molecule has 5 nitrogen and oxygen atoms in total. The van der Waals surface area contributed by atoms with Gasteiger partial charge in [0.05, 0.1) is 12.5 Å². The first-order valence-corrected chi connectivity index (χ1v) is 10.4. The largest absolute Gasteiger partial charge is 0.339 e. The molecule has 138 valence electrons. The summed E-state index contributed by atoms with van der Waals surface area (Å²) in [6.07, 6.45) is 6.31. The fourth-order valence-electron chi connectivity index (χ4n) is 4.00. The molecule has 2 aliphatic heterocycles. The van der Waals surface area contributed by atoms with E-state index in [9.17, 15) is 9.59 Å². The fraction of sp³-hybridized carbons (Fsp3) is 0.684. The summed E-state index contributed by atoms with van der Waals surface area (Å²) >= 11 is 1.64. The molecule has 0 radical (unpaired) electrons. The van der Waals surface area contributed by atoms with Crippen molar-refractivity contribution in [2.75, 3.05) is 19.6 Å². The molecule has 0 aliphatic carbocycles. The Hall–Kier alpha value is -1.56. The van der Waals surface area contributed by atoms with E-state index in [1.807, 2.05) is 22.4 Å². The van der Waals surface area contributed by atoms with Crippen LogP contribution in [-0.2, 0) is 11.3 Å². The normalized spacial score (nSPS) is 24.2. The lowest BCUT2D eigenvalue weighted by atomic mass is 9.93. The minimum Gasteiger partial charge on any atom is -0.339 e. The molecule has 3 amide bonds. The zero-order chi connectivity index (χ0) is 17.6. The molecule has 2 aliphatic rings. The maximum absolute atomic E-state index is 13.0. The predicted octanol–water partition coefficient (Wildman–Crippen LogP) is 3.46. The van der Waals surface area contributed by atoms with Crippen LogP contribution < -0.4 is 5.32 Å². The average molecular weight is 364 g/mol. The van der Waals surface area contributed by atoms with Gasteiger partial charge in [0.25, 0.3) is 0 Å². The molecule has 25 heavy (non-hydrogen) atoms. The molecule has 1 N–H and O–H groups in total. The predicted molar refractivity (Wildman–Crippen MR) is 100 cm³/mol. The highest BCUT2D eigenvalue weighted by molar-refractivity contribution is 7.09. The third-order valence-electron chi connectivity index (χ3n) is 5.43. The molecule has 0 spiro atoms. The molecular weight excluding hydrogens is 334 g/mol. The van der Waals surface area contributed by atoms with E-state index in [-0.39, 0.29) is 17.9 Å². The van der Waals surface area contributed by atoms with Crippen molar-refractivity contribution in [2.24, 2.45) is 5.92 Å². The van der Waals surface area contributed by atoms with Gasteiger partial charge in [-0.2, -0.15) is 0 Å². The molecule has 0 saturated carbocycles. The lowest BCUT2D eigenvalue weighted by molar-refractivity contribution is -0.140. The van der Waals surface area contributed by atoms with Crippen molar-refractivity contribution in [3.8, 4) is 0 Å². The first kappa shape index (κ1) is 18.2. The van der Waals surface area contributed by atoms with Crippen LogP contribution in [0.4, 0.5) is 4.79 Å². The molecule has 0 aromatic carbocycles. The van der Waals surface area contributed by atoms with Gasteiger partial charge in [-0.1, -0.05) is 13.0 Å². The highest BCUT2D eigenvalue weighted by atomic mass is 32.1. The number of carbonyl (C=O) groups is 2. The molecule has 2 unspecified atom stereocenters. The summed E-state index contributed by atoms with van der Waals surface area (Å²) < 4.78 is 0. The van der Waals surface area contributed by atoms with Crippen molar-refractivity contribution >= 4 is 23.3 Å². The van der Waals surface area contributed by atoms with Gasteiger partial charge in [0.1, 0.15) is 0 Å². The highest BCUT2D eigenvalue weighted by Crippen LogP contribution is 2.25. The second-order valence-electron chi connectivity index (χ2n) is 7.11. The van der Waals surface area contributed by atoms with Crippen molar-refractivity contribution in [3.05, 3.63) is 22.4 Å². The monoisotopic (exact) mass is 363 g/mol. The number of nitrogens with zero attached hydrogens (tertiary/aromatic N) is 2. The van der Waals surface area contributed by atoms with Crippen LogP contribution in [0, 0.1) is 5.92 Å². The van der Waals surface area contributed by atoms with E-state index in [1.165, 1.54) is 6.42 Å². The van der Waals surface area contributed by atoms with Gasteiger partial charge in [0.15, 0.2) is 0 Å². The summed E-state index contributed by atoms with van der Waals surface area (Å²) in [5, 5.41) is 5.00. The first-order valence-electron chi connectivity index (χ1n) is 9.54. The van der Waals surface area contributed by atoms with Gasteiger partial charge in [-0.25, -0.2) is 4.79 Å². The van der Waals surface area contributed by atoms with Gasteiger partial charge in [0, 0.05) is 30.6 Å². The molecule has 2 fully saturated rings. The van der Waals surface area contributed by atoms with E-state index in [2.05, 4.69) is 17.1 Å². The number of urea groups is 1. The van der Waals surface area contributed by atoms with E-state index in [0.717, 1.165) is 50.1 Å². The van der Waals surface area contributed by atoms with Gasteiger partial charge in [-0.05, 0) is 50.0 Å². The third kappa shape index (κ3) is 4.54. The SMILES string of the molecule is CCC1CCCCN1C(=O)C1CCCN(C(=O)NCc2cccs2)C1. The Morgan fingerprint density at radius 2 is 2.12 bits per heavy atom. The number of amides is 3. The average Bonchev–Trinajstić information content (AvgIpc) is 3.19. The summed E-state index contributed by atoms with van der Waals surface area (Å²) in [5.74, 6) is 0.232. The van der Waals surface area contributed by atoms with Crippen LogP contribution in [-0.4, -0.2) is 47.4 Å². The zero-order valence-corrected chi connectivity index (χ0v) is 15.9. The van der Waals surface area contributed by atoms with Gasteiger partial charge in [0.2, 0.25) is 5.91 Å². The molecule has 0 bridgehead atoms. The van der Waals surface area contributed by atoms with Crippen molar-refractivity contribution in [2.45, 2.75) is 58.0 Å². The van der Waals surface area contributed by atoms with Crippen molar-refractivity contribution in [3.63, 3.8) is 0 Å². The van der Waals surface area contributed by atoms with Crippen molar-refractivity contribution < 1.29 is 9.59 Å². The fourth-order valence-corrected chi connectivity index (χ4v) is 4.65. The molecule has 2 atom stereocenters. The Labute approximate surface area is 154 Å². The first-order chi connectivity index (χ1) is 12.2. The number of nitrogens with one attached hydrogen (secondary N) is 1. The number of likely N-dealkylation sites (tertiary alicyclic amines) is 2. The molecule has 2 saturated heterocycles. The second-order valence-corrected chi connectivity index (χ2v) is 8.14. The summed E-state index contributed by atoms with van der Waals surface area (Å²) in [5.41, 5.74) is 0. The number of carbonyl (C=O) groups excluding carboxylic acids is 2. The molecule has 3 heterocycles. The van der Waals surface area contributed by atoms with Gasteiger partial charge >= 0.3 is 6.03 Å². The maximum atomic E-state index is 13.0. The Morgan fingerprint density at radius 1 is 1.24 bits per heavy atom. The molecule has 3 rings (SSSR count). The maximum Gasteiger partial charge on any atom is 0.317 e. The van der Waals surface area contributed by atoms with Gasteiger partial charge in [-0.3, -0.25) is 4.79 Å². The zero-order valence-electron chi connectivity index (χ0n) is 15.1. The summed E-state index contributed by atoms with van der Waals surface area (Å²) in [6.45, 7) is 4.93. The third-order valence-corrected chi connectivity index (χ3v) is 6.31. The summed E-state index contributed by atoms with van der Waals surface area (Å²) in [7, 11) is 0. The minimum atomic E-state index is -0.0448. The number of hydrogen-bond acceptors (Lipinski definition) is 3. The number of piperidine rings is 2. The lowest BCUT2D eigenvalue weighted by Gasteiger charge is -2.40. The van der Waals surface area contributed by atoms with Crippen LogP contribution in [0.1, 0.15) is 50.3 Å². The van der Waals surface area contributed by atoms with Gasteiger partial charge in [-0.15, -0.1) is 11.3 Å². The molecule has 1 aromatic rings. The Bertz CT molecular complexity index is 575. The number of hydrogen-bond donors (Lipinski definition) is 1. The van der Waals surface area contributed by atoms with Crippen LogP contribution in [0.15, 0.2) is 17.5 Å². The smallest absolute Gasteiger partial charge is 0.317 e. The lowest BCUT2D eigenvalue weighted by Crippen LogP contribution is -2.52. The Morgan fingerprint density at radius 3 is 2.88 bits per heavy atom. The van der Waals surface area contributed by atoms with Gasteiger partial charge < -0.3 is 15.1 Å². The summed E-state index contributed by atoms with van der Waals surface area (Å²) in [6, 6.07) is 4.36. The minimum absolute atomic E-state index is 0.0339. The number of thiophene rings is 1. The van der Waals surface area contributed by atoms with Crippen LogP contribution in [0.2, 0.25) is 0 Å². The molecule has 6 heteroatoms. The van der Waals surface area contributed by atoms with E-state index >= 15 is 0 Å². The molecular formula is C19H29N3O2S. The van der Waals surface area contributed by atoms with Crippen LogP contribution in [0.3, 0.4) is 0 Å². The van der Waals surface area contributed by atoms with Crippen LogP contribution in [0.25, 0.3) is 0 Å². The van der Waals surface area contributed by atoms with Crippen molar-refractivity contribution in [1.29, 1.82) is 0 Å². The van der Waals surface area contributed by atoms with E-state index in [4.69, 9.17) is 0 Å². The van der Waals surface area contributed by atoms with E-state index in [0.29, 0.717) is 19.1 Å². The van der Waals surface area contributed by atoms with Crippen LogP contribution in [0.5, 0.6) is 0 Å². The highest BCUT2D eigenvalue weighted by Gasteiger charge is 2.34. The Kier molecular flexibility index (Phi) is 6.34. The Balaban J connectivity index is 1.54.